The standard InChI is InChI=1S/C12H17IN2O2/c1-8(5-9(2)16)6-15-12(17)10-3-4-14-7-11(10)13/h3-4,7-9,16H,5-6H2,1-2H3,(H,15,17). The molecule has 5 heteroatoms. The Balaban J connectivity index is 2.48. The molecule has 1 aromatic heterocycles. The number of aliphatic hydroxyl groups excluding tert-OH is 1. The van der Waals surface area contributed by atoms with Gasteiger partial charge in [-0.25, -0.2) is 0 Å². The fourth-order valence-corrected chi connectivity index (χ4v) is 2.17. The molecule has 0 aliphatic heterocycles. The lowest BCUT2D eigenvalue weighted by atomic mass is 10.0. The van der Waals surface area contributed by atoms with E-state index in [0.29, 0.717) is 18.5 Å². The SMILES string of the molecule is CC(O)CC(C)CNC(=O)c1ccncc1I. The molecule has 0 radical (unpaired) electrons. The van der Waals surface area contributed by atoms with Crippen LogP contribution in [0.15, 0.2) is 18.5 Å². The van der Waals surface area contributed by atoms with Gasteiger partial charge in [-0.1, -0.05) is 6.92 Å². The zero-order valence-electron chi connectivity index (χ0n) is 9.98. The summed E-state index contributed by atoms with van der Waals surface area (Å²) in [5.74, 6) is 0.174. The topological polar surface area (TPSA) is 62.2 Å². The van der Waals surface area contributed by atoms with Crippen molar-refractivity contribution in [3.8, 4) is 0 Å². The fourth-order valence-electron chi connectivity index (χ4n) is 1.59. The van der Waals surface area contributed by atoms with E-state index in [4.69, 9.17) is 0 Å². The molecule has 94 valence electrons. The molecule has 1 aromatic rings. The van der Waals surface area contributed by atoms with Gasteiger partial charge in [-0.3, -0.25) is 9.78 Å². The third kappa shape index (κ3) is 4.99. The fraction of sp³-hybridized carbons (Fsp3) is 0.500. The van der Waals surface area contributed by atoms with E-state index in [2.05, 4.69) is 32.9 Å². The van der Waals surface area contributed by atoms with Gasteiger partial charge in [0, 0.05) is 22.5 Å². The van der Waals surface area contributed by atoms with E-state index in [0.717, 1.165) is 3.57 Å². The van der Waals surface area contributed by atoms with Crippen LogP contribution < -0.4 is 5.32 Å². The Labute approximate surface area is 115 Å². The van der Waals surface area contributed by atoms with Crippen LogP contribution >= 0.6 is 22.6 Å². The maximum Gasteiger partial charge on any atom is 0.252 e. The van der Waals surface area contributed by atoms with Crippen molar-refractivity contribution in [3.63, 3.8) is 0 Å². The summed E-state index contributed by atoms with van der Waals surface area (Å²) in [5, 5.41) is 12.1. The minimum absolute atomic E-state index is 0.0887. The number of amides is 1. The van der Waals surface area contributed by atoms with Crippen LogP contribution in [-0.4, -0.2) is 28.6 Å². The lowest BCUT2D eigenvalue weighted by Gasteiger charge is -2.14. The Morgan fingerprint density at radius 3 is 2.88 bits per heavy atom. The number of pyridine rings is 1. The molecule has 1 rings (SSSR count). The zero-order valence-corrected chi connectivity index (χ0v) is 12.1. The van der Waals surface area contributed by atoms with Crippen LogP contribution in [0.3, 0.4) is 0 Å². The van der Waals surface area contributed by atoms with E-state index in [9.17, 15) is 9.90 Å². The second kappa shape index (κ2) is 6.90. The summed E-state index contributed by atoms with van der Waals surface area (Å²) in [7, 11) is 0. The average Bonchev–Trinajstić information content (AvgIpc) is 2.25. The molecule has 0 aromatic carbocycles. The summed E-state index contributed by atoms with van der Waals surface area (Å²) >= 11 is 2.09. The summed E-state index contributed by atoms with van der Waals surface area (Å²) in [6, 6.07) is 1.70. The van der Waals surface area contributed by atoms with Gasteiger partial charge in [0.15, 0.2) is 0 Å². The number of aromatic nitrogens is 1. The van der Waals surface area contributed by atoms with Crippen LogP contribution in [-0.2, 0) is 0 Å². The molecule has 4 nitrogen and oxygen atoms in total. The number of aliphatic hydroxyl groups is 1. The zero-order chi connectivity index (χ0) is 12.8. The Morgan fingerprint density at radius 2 is 2.29 bits per heavy atom. The first-order valence-corrected chi connectivity index (χ1v) is 6.64. The number of hydrogen-bond donors (Lipinski definition) is 2. The van der Waals surface area contributed by atoms with E-state index < -0.39 is 0 Å². The largest absolute Gasteiger partial charge is 0.393 e. The number of nitrogens with zero attached hydrogens (tertiary/aromatic N) is 1. The Kier molecular flexibility index (Phi) is 5.84. The Hall–Kier alpha value is -0.690. The Bertz CT molecular complexity index is 383. The van der Waals surface area contributed by atoms with E-state index in [-0.39, 0.29) is 17.9 Å². The lowest BCUT2D eigenvalue weighted by molar-refractivity contribution is 0.0938. The third-order valence-electron chi connectivity index (χ3n) is 2.37. The van der Waals surface area contributed by atoms with Crippen molar-refractivity contribution in [2.45, 2.75) is 26.4 Å². The van der Waals surface area contributed by atoms with Crippen LogP contribution in [0.25, 0.3) is 0 Å². The first-order chi connectivity index (χ1) is 8.00. The van der Waals surface area contributed by atoms with E-state index >= 15 is 0 Å². The van der Waals surface area contributed by atoms with Gasteiger partial charge in [0.25, 0.3) is 5.91 Å². The number of hydrogen-bond acceptors (Lipinski definition) is 3. The minimum atomic E-state index is -0.331. The predicted octanol–water partition coefficient (Wildman–Crippen LogP) is 1.82. The minimum Gasteiger partial charge on any atom is -0.393 e. The van der Waals surface area contributed by atoms with Gasteiger partial charge in [0.2, 0.25) is 0 Å². The summed E-state index contributed by atoms with van der Waals surface area (Å²) in [6.45, 7) is 4.33. The molecule has 2 N–H and O–H groups in total. The number of carbonyl (C=O) groups excluding carboxylic acids is 1. The molecule has 1 amide bonds. The molecule has 0 aliphatic rings. The molecule has 17 heavy (non-hydrogen) atoms. The smallest absolute Gasteiger partial charge is 0.252 e. The van der Waals surface area contributed by atoms with Gasteiger partial charge >= 0.3 is 0 Å². The Morgan fingerprint density at radius 1 is 1.59 bits per heavy atom. The molecule has 0 fully saturated rings. The predicted molar refractivity (Wildman–Crippen MR) is 74.7 cm³/mol. The van der Waals surface area contributed by atoms with Crippen molar-refractivity contribution < 1.29 is 9.90 Å². The highest BCUT2D eigenvalue weighted by atomic mass is 127. The van der Waals surface area contributed by atoms with E-state index in [1.165, 1.54) is 0 Å². The van der Waals surface area contributed by atoms with Crippen molar-refractivity contribution in [1.82, 2.24) is 10.3 Å². The molecule has 0 saturated carbocycles. The van der Waals surface area contributed by atoms with E-state index in [1.807, 2.05) is 6.92 Å². The van der Waals surface area contributed by atoms with Gasteiger partial charge in [-0.05, 0) is 47.9 Å². The second-order valence-corrected chi connectivity index (χ2v) is 5.42. The highest BCUT2D eigenvalue weighted by molar-refractivity contribution is 14.1. The first-order valence-electron chi connectivity index (χ1n) is 5.56. The number of nitrogens with one attached hydrogen (secondary N) is 1. The molecule has 1 heterocycles. The highest BCUT2D eigenvalue weighted by Gasteiger charge is 2.11. The van der Waals surface area contributed by atoms with Gasteiger partial charge in [-0.2, -0.15) is 0 Å². The van der Waals surface area contributed by atoms with Crippen LogP contribution in [0, 0.1) is 9.49 Å². The van der Waals surface area contributed by atoms with Crippen molar-refractivity contribution in [2.75, 3.05) is 6.54 Å². The van der Waals surface area contributed by atoms with Crippen molar-refractivity contribution >= 4 is 28.5 Å². The van der Waals surface area contributed by atoms with Crippen LogP contribution in [0.4, 0.5) is 0 Å². The highest BCUT2D eigenvalue weighted by Crippen LogP contribution is 2.10. The van der Waals surface area contributed by atoms with Crippen LogP contribution in [0.1, 0.15) is 30.6 Å². The quantitative estimate of drug-likeness (QED) is 0.798. The van der Waals surface area contributed by atoms with Gasteiger partial charge in [0.05, 0.1) is 11.7 Å². The molecule has 0 aliphatic carbocycles. The van der Waals surface area contributed by atoms with Crippen LogP contribution in [0.5, 0.6) is 0 Å². The summed E-state index contributed by atoms with van der Waals surface area (Å²) in [6.07, 6.45) is 3.63. The molecule has 0 bridgehead atoms. The van der Waals surface area contributed by atoms with Crippen LogP contribution in [0.2, 0.25) is 0 Å². The van der Waals surface area contributed by atoms with E-state index in [1.54, 1.807) is 25.4 Å². The van der Waals surface area contributed by atoms with Gasteiger partial charge in [0.1, 0.15) is 0 Å². The average molecular weight is 348 g/mol. The van der Waals surface area contributed by atoms with Gasteiger partial charge < -0.3 is 10.4 Å². The molecule has 0 spiro atoms. The molecule has 2 atom stereocenters. The summed E-state index contributed by atoms with van der Waals surface area (Å²) < 4.78 is 0.839. The second-order valence-electron chi connectivity index (χ2n) is 4.26. The third-order valence-corrected chi connectivity index (χ3v) is 3.23. The number of carbonyl (C=O) groups is 1. The normalized spacial score (nSPS) is 14.1. The molecule has 0 saturated heterocycles. The van der Waals surface area contributed by atoms with Crippen molar-refractivity contribution in [2.24, 2.45) is 5.92 Å². The maximum absolute atomic E-state index is 11.8. The monoisotopic (exact) mass is 348 g/mol. The van der Waals surface area contributed by atoms with Gasteiger partial charge in [-0.15, -0.1) is 0 Å². The molecular weight excluding hydrogens is 331 g/mol. The molecule has 2 unspecified atom stereocenters. The number of halogens is 1. The summed E-state index contributed by atoms with van der Waals surface area (Å²) in [4.78, 5) is 15.8. The number of rotatable bonds is 5. The summed E-state index contributed by atoms with van der Waals surface area (Å²) in [5.41, 5.74) is 0.643. The lowest BCUT2D eigenvalue weighted by Crippen LogP contribution is -2.30. The first kappa shape index (κ1) is 14.4. The van der Waals surface area contributed by atoms with Crippen molar-refractivity contribution in [1.29, 1.82) is 0 Å². The maximum atomic E-state index is 11.8. The van der Waals surface area contributed by atoms with Crippen molar-refractivity contribution in [3.05, 3.63) is 27.6 Å². The molecular formula is C12H17IN2O2.